The maximum Gasteiger partial charge on any atom is 0.347 e. The summed E-state index contributed by atoms with van der Waals surface area (Å²) in [5.74, 6) is 0.614. The molecule has 2 rings (SSSR count). The van der Waals surface area contributed by atoms with Crippen LogP contribution in [-0.2, 0) is 6.42 Å². The zero-order chi connectivity index (χ0) is 10.1. The molecule has 0 bridgehead atoms. The fraction of sp³-hybridized carbons (Fsp3) is 0.400. The smallest absolute Gasteiger partial charge is 0.250 e. The molecule has 0 saturated carbocycles. The van der Waals surface area contributed by atoms with E-state index in [-0.39, 0.29) is 5.69 Å². The third kappa shape index (κ3) is 1.55. The first kappa shape index (κ1) is 8.99. The molecule has 4 heteroatoms. The van der Waals surface area contributed by atoms with Gasteiger partial charge >= 0.3 is 5.69 Å². The second kappa shape index (κ2) is 3.29. The number of hydrogen-bond acceptors (Lipinski definition) is 2. The van der Waals surface area contributed by atoms with Gasteiger partial charge in [-0.15, -0.1) is 0 Å². The van der Waals surface area contributed by atoms with Crippen molar-refractivity contribution in [2.24, 2.45) is 5.92 Å². The molecule has 74 valence electrons. The van der Waals surface area contributed by atoms with Gasteiger partial charge in [0, 0.05) is 6.20 Å². The first-order valence-electron chi connectivity index (χ1n) is 4.72. The zero-order valence-electron chi connectivity index (χ0n) is 8.32. The van der Waals surface area contributed by atoms with Gasteiger partial charge in [0.25, 0.3) is 0 Å². The average Bonchev–Trinajstić information content (AvgIpc) is 2.46. The predicted octanol–water partition coefficient (Wildman–Crippen LogP) is 1.22. The van der Waals surface area contributed by atoms with Crippen LogP contribution in [0.1, 0.15) is 19.4 Å². The Balaban J connectivity index is 2.47. The van der Waals surface area contributed by atoms with Crippen molar-refractivity contribution in [3.05, 3.63) is 34.4 Å². The Bertz CT molecular complexity index is 495. The molecule has 0 saturated heterocycles. The van der Waals surface area contributed by atoms with Crippen molar-refractivity contribution in [2.75, 3.05) is 0 Å². The number of hydrogen-bond donors (Lipinski definition) is 1. The fourth-order valence-corrected chi connectivity index (χ4v) is 1.55. The molecular formula is C10H13N3O. The van der Waals surface area contributed by atoms with Crippen molar-refractivity contribution in [3.63, 3.8) is 0 Å². The van der Waals surface area contributed by atoms with Crippen LogP contribution in [0.25, 0.3) is 5.65 Å². The number of fused-ring (bicyclic) bond motifs is 1. The molecule has 0 aromatic carbocycles. The van der Waals surface area contributed by atoms with Gasteiger partial charge in [0.05, 0.1) is 0 Å². The summed E-state index contributed by atoms with van der Waals surface area (Å²) >= 11 is 0. The van der Waals surface area contributed by atoms with E-state index in [2.05, 4.69) is 24.0 Å². The lowest BCUT2D eigenvalue weighted by molar-refractivity contribution is 0.647. The van der Waals surface area contributed by atoms with Crippen molar-refractivity contribution >= 4 is 5.65 Å². The Morgan fingerprint density at radius 3 is 3.07 bits per heavy atom. The Kier molecular flexibility index (Phi) is 2.11. The molecule has 0 spiro atoms. The lowest BCUT2D eigenvalue weighted by atomic mass is 10.0. The average molecular weight is 191 g/mol. The van der Waals surface area contributed by atoms with Crippen molar-refractivity contribution in [1.82, 2.24) is 14.6 Å². The summed E-state index contributed by atoms with van der Waals surface area (Å²) in [6, 6.07) is 3.90. The number of pyridine rings is 1. The fourth-order valence-electron chi connectivity index (χ4n) is 1.55. The molecule has 0 amide bonds. The quantitative estimate of drug-likeness (QED) is 0.776. The van der Waals surface area contributed by atoms with Crippen molar-refractivity contribution in [3.8, 4) is 0 Å². The molecule has 0 atom stereocenters. The molecule has 2 heterocycles. The van der Waals surface area contributed by atoms with Gasteiger partial charge in [-0.05, 0) is 30.0 Å². The number of H-pyrrole nitrogens is 1. The number of aromatic amines is 1. The largest absolute Gasteiger partial charge is 0.347 e. The van der Waals surface area contributed by atoms with Crippen LogP contribution in [0.5, 0.6) is 0 Å². The normalized spacial score (nSPS) is 11.4. The van der Waals surface area contributed by atoms with Crippen LogP contribution in [0, 0.1) is 5.92 Å². The molecule has 14 heavy (non-hydrogen) atoms. The highest BCUT2D eigenvalue weighted by Gasteiger charge is 2.02. The lowest BCUT2D eigenvalue weighted by Gasteiger charge is -2.03. The Morgan fingerprint density at radius 1 is 1.57 bits per heavy atom. The Labute approximate surface area is 81.6 Å². The second-order valence-electron chi connectivity index (χ2n) is 3.89. The summed E-state index contributed by atoms with van der Waals surface area (Å²) < 4.78 is 1.50. The van der Waals surface area contributed by atoms with E-state index in [1.54, 1.807) is 6.20 Å². The van der Waals surface area contributed by atoms with Gasteiger partial charge < -0.3 is 0 Å². The number of rotatable bonds is 2. The van der Waals surface area contributed by atoms with Gasteiger partial charge in [-0.3, -0.25) is 4.40 Å². The lowest BCUT2D eigenvalue weighted by Crippen LogP contribution is -2.08. The van der Waals surface area contributed by atoms with Gasteiger partial charge in [0.2, 0.25) is 0 Å². The summed E-state index contributed by atoms with van der Waals surface area (Å²) in [7, 11) is 0. The van der Waals surface area contributed by atoms with Gasteiger partial charge in [-0.25, -0.2) is 9.89 Å². The van der Waals surface area contributed by atoms with Crippen molar-refractivity contribution in [2.45, 2.75) is 20.3 Å². The number of nitrogens with one attached hydrogen (secondary N) is 1. The van der Waals surface area contributed by atoms with Crippen LogP contribution < -0.4 is 5.69 Å². The molecular weight excluding hydrogens is 178 g/mol. The molecule has 0 unspecified atom stereocenters. The Hall–Kier alpha value is -1.58. The zero-order valence-corrected chi connectivity index (χ0v) is 8.32. The first-order valence-corrected chi connectivity index (χ1v) is 4.72. The van der Waals surface area contributed by atoms with E-state index >= 15 is 0 Å². The van der Waals surface area contributed by atoms with Crippen molar-refractivity contribution in [1.29, 1.82) is 0 Å². The van der Waals surface area contributed by atoms with Crippen LogP contribution in [0.15, 0.2) is 23.1 Å². The van der Waals surface area contributed by atoms with Gasteiger partial charge in [-0.1, -0.05) is 13.8 Å². The molecule has 0 aliphatic rings. The molecule has 0 radical (unpaired) electrons. The van der Waals surface area contributed by atoms with Crippen LogP contribution in [0.2, 0.25) is 0 Å². The van der Waals surface area contributed by atoms with Crippen LogP contribution in [0.3, 0.4) is 0 Å². The molecule has 2 aromatic heterocycles. The van der Waals surface area contributed by atoms with E-state index in [4.69, 9.17) is 0 Å². The molecule has 2 aromatic rings. The molecule has 4 nitrogen and oxygen atoms in total. The van der Waals surface area contributed by atoms with Crippen molar-refractivity contribution < 1.29 is 0 Å². The minimum absolute atomic E-state index is 0.184. The third-order valence-electron chi connectivity index (χ3n) is 2.13. The SMILES string of the molecule is CC(C)Cc1ccn2c(=O)[nH]nc2c1. The Morgan fingerprint density at radius 2 is 2.36 bits per heavy atom. The highest BCUT2D eigenvalue weighted by Crippen LogP contribution is 2.08. The number of nitrogens with zero attached hydrogens (tertiary/aromatic N) is 2. The molecule has 0 aliphatic heterocycles. The topological polar surface area (TPSA) is 50.2 Å². The van der Waals surface area contributed by atoms with Crippen LogP contribution in [0.4, 0.5) is 0 Å². The maximum absolute atomic E-state index is 11.2. The van der Waals surface area contributed by atoms with E-state index < -0.39 is 0 Å². The second-order valence-corrected chi connectivity index (χ2v) is 3.89. The van der Waals surface area contributed by atoms with E-state index in [1.807, 2.05) is 12.1 Å². The monoisotopic (exact) mass is 191 g/mol. The molecule has 0 aliphatic carbocycles. The van der Waals surface area contributed by atoms with E-state index in [9.17, 15) is 4.79 Å². The van der Waals surface area contributed by atoms with E-state index in [0.717, 1.165) is 6.42 Å². The van der Waals surface area contributed by atoms with E-state index in [1.165, 1.54) is 9.96 Å². The first-order chi connectivity index (χ1) is 6.66. The van der Waals surface area contributed by atoms with Crippen LogP contribution >= 0.6 is 0 Å². The van der Waals surface area contributed by atoms with Gasteiger partial charge in [0.1, 0.15) is 0 Å². The van der Waals surface area contributed by atoms with Crippen LogP contribution in [-0.4, -0.2) is 14.6 Å². The highest BCUT2D eigenvalue weighted by atomic mass is 16.1. The molecule has 1 N–H and O–H groups in total. The standard InChI is InChI=1S/C10H13N3O/c1-7(2)5-8-3-4-13-9(6-8)11-12-10(13)14/h3-4,6-7H,5H2,1-2H3,(H,12,14). The maximum atomic E-state index is 11.2. The number of aromatic nitrogens is 3. The summed E-state index contributed by atoms with van der Waals surface area (Å²) in [5.41, 5.74) is 1.72. The van der Waals surface area contributed by atoms with Gasteiger partial charge in [-0.2, -0.15) is 5.10 Å². The van der Waals surface area contributed by atoms with Gasteiger partial charge in [0.15, 0.2) is 5.65 Å². The summed E-state index contributed by atoms with van der Waals surface area (Å²) in [4.78, 5) is 11.2. The molecule has 0 fully saturated rings. The minimum Gasteiger partial charge on any atom is -0.250 e. The summed E-state index contributed by atoms with van der Waals surface area (Å²) in [6.45, 7) is 4.34. The van der Waals surface area contributed by atoms with E-state index in [0.29, 0.717) is 11.6 Å². The predicted molar refractivity (Wildman–Crippen MR) is 54.4 cm³/mol. The summed E-state index contributed by atoms with van der Waals surface area (Å²) in [6.07, 6.45) is 2.77. The summed E-state index contributed by atoms with van der Waals surface area (Å²) in [5, 5.41) is 6.33. The third-order valence-corrected chi connectivity index (χ3v) is 2.13. The highest BCUT2D eigenvalue weighted by molar-refractivity contribution is 5.39. The minimum atomic E-state index is -0.184.